The van der Waals surface area contributed by atoms with Gasteiger partial charge >= 0.3 is 0 Å². The summed E-state index contributed by atoms with van der Waals surface area (Å²) < 4.78 is 1.97. The number of nitrogens with zero attached hydrogens (tertiary/aromatic N) is 2. The fourth-order valence-electron chi connectivity index (χ4n) is 2.33. The summed E-state index contributed by atoms with van der Waals surface area (Å²) in [5.74, 6) is 0. The van der Waals surface area contributed by atoms with Crippen LogP contribution in [-0.4, -0.2) is 16.3 Å². The molecule has 0 fully saturated rings. The van der Waals surface area contributed by atoms with Crippen LogP contribution in [0.15, 0.2) is 18.2 Å². The van der Waals surface area contributed by atoms with E-state index in [9.17, 15) is 0 Å². The Hall–Kier alpha value is -1.32. The van der Waals surface area contributed by atoms with Crippen LogP contribution in [0.25, 0.3) is 11.1 Å². The first kappa shape index (κ1) is 13.1. The molecule has 1 aromatic carbocycles. The number of hydrogen-bond acceptors (Lipinski definition) is 2. The van der Waals surface area contributed by atoms with Crippen molar-refractivity contribution in [2.45, 2.75) is 27.3 Å². The molecule has 0 bridgehead atoms. The van der Waals surface area contributed by atoms with Crippen LogP contribution in [0.4, 0.5) is 0 Å². The minimum absolute atomic E-state index is 0.598. The van der Waals surface area contributed by atoms with E-state index in [0.29, 0.717) is 6.54 Å². The molecule has 0 spiro atoms. The van der Waals surface area contributed by atoms with Crippen LogP contribution in [0.3, 0.4) is 0 Å². The molecule has 2 aromatic rings. The number of benzene rings is 1. The van der Waals surface area contributed by atoms with E-state index in [-0.39, 0.29) is 0 Å². The molecule has 0 aliphatic heterocycles. The lowest BCUT2D eigenvalue weighted by Crippen LogP contribution is -2.12. The van der Waals surface area contributed by atoms with Gasteiger partial charge < -0.3 is 5.73 Å². The van der Waals surface area contributed by atoms with Crippen molar-refractivity contribution in [2.24, 2.45) is 5.73 Å². The molecule has 1 heterocycles. The summed E-state index contributed by atoms with van der Waals surface area (Å²) in [7, 11) is 0. The molecular formula is C14H18ClN3. The molecule has 0 saturated carbocycles. The van der Waals surface area contributed by atoms with Crippen LogP contribution in [0.2, 0.25) is 5.02 Å². The molecule has 0 atom stereocenters. The molecule has 2 rings (SSSR count). The van der Waals surface area contributed by atoms with E-state index in [0.717, 1.165) is 23.0 Å². The van der Waals surface area contributed by atoms with Crippen LogP contribution < -0.4 is 5.73 Å². The molecule has 3 nitrogen and oxygen atoms in total. The van der Waals surface area contributed by atoms with Gasteiger partial charge in [-0.3, -0.25) is 4.68 Å². The Labute approximate surface area is 113 Å². The van der Waals surface area contributed by atoms with Crippen molar-refractivity contribution in [3.63, 3.8) is 0 Å². The van der Waals surface area contributed by atoms with Crippen molar-refractivity contribution in [2.75, 3.05) is 6.54 Å². The van der Waals surface area contributed by atoms with E-state index in [1.165, 1.54) is 16.7 Å². The number of aryl methyl sites for hydroxylation is 2. The number of hydrogen-bond donors (Lipinski definition) is 1. The summed E-state index contributed by atoms with van der Waals surface area (Å²) in [5, 5.41) is 5.31. The Morgan fingerprint density at radius 3 is 2.61 bits per heavy atom. The van der Waals surface area contributed by atoms with Gasteiger partial charge in [-0.05, 0) is 44.0 Å². The van der Waals surface area contributed by atoms with Crippen LogP contribution in [0, 0.1) is 20.8 Å². The van der Waals surface area contributed by atoms with Crippen LogP contribution in [0.1, 0.15) is 17.0 Å². The van der Waals surface area contributed by atoms with Crippen molar-refractivity contribution in [1.82, 2.24) is 9.78 Å². The first-order chi connectivity index (χ1) is 8.54. The van der Waals surface area contributed by atoms with Crippen LogP contribution >= 0.6 is 11.6 Å². The van der Waals surface area contributed by atoms with E-state index in [1.807, 2.05) is 23.7 Å². The number of aromatic nitrogens is 2. The van der Waals surface area contributed by atoms with Gasteiger partial charge in [0.2, 0.25) is 0 Å². The zero-order chi connectivity index (χ0) is 13.3. The Morgan fingerprint density at radius 2 is 2.00 bits per heavy atom. The van der Waals surface area contributed by atoms with Gasteiger partial charge in [-0.25, -0.2) is 0 Å². The molecule has 1 aromatic heterocycles. The van der Waals surface area contributed by atoms with Gasteiger partial charge in [0, 0.05) is 22.8 Å². The molecule has 96 valence electrons. The second kappa shape index (κ2) is 5.12. The third-order valence-electron chi connectivity index (χ3n) is 3.18. The quantitative estimate of drug-likeness (QED) is 0.925. The highest BCUT2D eigenvalue weighted by Gasteiger charge is 2.14. The van der Waals surface area contributed by atoms with E-state index in [2.05, 4.69) is 25.0 Å². The Morgan fingerprint density at radius 1 is 1.28 bits per heavy atom. The average Bonchev–Trinajstić information content (AvgIpc) is 2.56. The van der Waals surface area contributed by atoms with E-state index < -0.39 is 0 Å². The molecule has 0 saturated heterocycles. The average molecular weight is 264 g/mol. The summed E-state index contributed by atoms with van der Waals surface area (Å²) in [6.45, 7) is 7.53. The SMILES string of the molecule is Cc1cc(Cl)ccc1-c1c(C)nn(CCN)c1C. The zero-order valence-corrected chi connectivity index (χ0v) is 11.8. The highest BCUT2D eigenvalue weighted by molar-refractivity contribution is 6.30. The van der Waals surface area contributed by atoms with Gasteiger partial charge in [0.1, 0.15) is 0 Å². The van der Waals surface area contributed by atoms with Gasteiger partial charge in [-0.2, -0.15) is 5.10 Å². The zero-order valence-electron chi connectivity index (χ0n) is 11.0. The predicted molar refractivity (Wildman–Crippen MR) is 75.9 cm³/mol. The summed E-state index contributed by atoms with van der Waals surface area (Å²) in [5.41, 5.74) is 11.3. The van der Waals surface area contributed by atoms with E-state index >= 15 is 0 Å². The Kier molecular flexibility index (Phi) is 3.73. The molecule has 2 N–H and O–H groups in total. The maximum Gasteiger partial charge on any atom is 0.0675 e. The van der Waals surface area contributed by atoms with Gasteiger partial charge in [-0.1, -0.05) is 17.7 Å². The summed E-state index contributed by atoms with van der Waals surface area (Å²) in [6, 6.07) is 5.96. The molecule has 0 unspecified atom stereocenters. The van der Waals surface area contributed by atoms with E-state index in [1.54, 1.807) is 0 Å². The van der Waals surface area contributed by atoms with Gasteiger partial charge in [0.15, 0.2) is 0 Å². The van der Waals surface area contributed by atoms with Gasteiger partial charge in [-0.15, -0.1) is 0 Å². The summed E-state index contributed by atoms with van der Waals surface area (Å²) >= 11 is 6.00. The second-order valence-corrected chi connectivity index (χ2v) is 4.95. The molecular weight excluding hydrogens is 246 g/mol. The smallest absolute Gasteiger partial charge is 0.0675 e. The number of rotatable bonds is 3. The lowest BCUT2D eigenvalue weighted by molar-refractivity contribution is 0.604. The summed E-state index contributed by atoms with van der Waals surface area (Å²) in [6.07, 6.45) is 0. The van der Waals surface area contributed by atoms with Crippen molar-refractivity contribution >= 4 is 11.6 Å². The van der Waals surface area contributed by atoms with Gasteiger partial charge in [0.25, 0.3) is 0 Å². The molecule has 0 aliphatic carbocycles. The number of halogens is 1. The largest absolute Gasteiger partial charge is 0.329 e. The first-order valence-electron chi connectivity index (χ1n) is 6.05. The molecule has 0 amide bonds. The molecule has 0 radical (unpaired) electrons. The standard InChI is InChI=1S/C14H18ClN3/c1-9-8-12(15)4-5-13(9)14-10(2)17-18(7-6-16)11(14)3/h4-5,8H,6-7,16H2,1-3H3. The first-order valence-corrected chi connectivity index (χ1v) is 6.43. The predicted octanol–water partition coefficient (Wildman–Crippen LogP) is 3.09. The molecule has 18 heavy (non-hydrogen) atoms. The van der Waals surface area contributed by atoms with Crippen LogP contribution in [-0.2, 0) is 6.54 Å². The fourth-order valence-corrected chi connectivity index (χ4v) is 2.56. The summed E-state index contributed by atoms with van der Waals surface area (Å²) in [4.78, 5) is 0. The maximum absolute atomic E-state index is 6.00. The number of nitrogens with two attached hydrogens (primary N) is 1. The monoisotopic (exact) mass is 263 g/mol. The third-order valence-corrected chi connectivity index (χ3v) is 3.42. The van der Waals surface area contributed by atoms with Crippen molar-refractivity contribution in [1.29, 1.82) is 0 Å². The lowest BCUT2D eigenvalue weighted by atomic mass is 9.99. The van der Waals surface area contributed by atoms with E-state index in [4.69, 9.17) is 17.3 Å². The normalized spacial score (nSPS) is 10.9. The topological polar surface area (TPSA) is 43.8 Å². The van der Waals surface area contributed by atoms with Crippen molar-refractivity contribution < 1.29 is 0 Å². The lowest BCUT2D eigenvalue weighted by Gasteiger charge is -2.08. The minimum Gasteiger partial charge on any atom is -0.329 e. The highest BCUT2D eigenvalue weighted by atomic mass is 35.5. The van der Waals surface area contributed by atoms with Gasteiger partial charge in [0.05, 0.1) is 12.2 Å². The minimum atomic E-state index is 0.598. The third kappa shape index (κ3) is 2.28. The fraction of sp³-hybridized carbons (Fsp3) is 0.357. The van der Waals surface area contributed by atoms with Crippen molar-refractivity contribution in [3.8, 4) is 11.1 Å². The maximum atomic E-state index is 6.00. The highest BCUT2D eigenvalue weighted by Crippen LogP contribution is 2.31. The van der Waals surface area contributed by atoms with Crippen molar-refractivity contribution in [3.05, 3.63) is 40.2 Å². The van der Waals surface area contributed by atoms with Crippen LogP contribution in [0.5, 0.6) is 0 Å². The second-order valence-electron chi connectivity index (χ2n) is 4.52. The Balaban J connectivity index is 2.56. The Bertz CT molecular complexity index is 573. The molecule has 0 aliphatic rings. The molecule has 4 heteroatoms.